The Morgan fingerprint density at radius 1 is 1.25 bits per heavy atom. The van der Waals surface area contributed by atoms with Crippen LogP contribution in [0.4, 0.5) is 8.78 Å². The van der Waals surface area contributed by atoms with Crippen LogP contribution in [0, 0.1) is 11.6 Å². The predicted molar refractivity (Wildman–Crippen MR) is 65.7 cm³/mol. The number of halogens is 2. The SMILES string of the molecule is CCSCCCNCc1c(F)cccc1F. The third-order valence-corrected chi connectivity index (χ3v) is 3.20. The number of nitrogens with one attached hydrogen (secondary N) is 1. The first-order valence-electron chi connectivity index (χ1n) is 5.47. The molecule has 0 aliphatic rings. The van der Waals surface area contributed by atoms with E-state index in [1.165, 1.54) is 18.2 Å². The summed E-state index contributed by atoms with van der Waals surface area (Å²) in [6.45, 7) is 3.17. The van der Waals surface area contributed by atoms with Gasteiger partial charge in [-0.05, 0) is 36.6 Å². The second kappa shape index (κ2) is 7.63. The highest BCUT2D eigenvalue weighted by Gasteiger charge is 2.06. The third kappa shape index (κ3) is 4.49. The van der Waals surface area contributed by atoms with E-state index in [1.807, 2.05) is 11.8 Å². The Morgan fingerprint density at radius 3 is 2.56 bits per heavy atom. The van der Waals surface area contributed by atoms with Crippen molar-refractivity contribution >= 4 is 11.8 Å². The Bertz CT molecular complexity index is 298. The molecular formula is C12H17F2NS. The van der Waals surface area contributed by atoms with Crippen LogP contribution in [0.25, 0.3) is 0 Å². The van der Waals surface area contributed by atoms with Gasteiger partial charge < -0.3 is 5.32 Å². The van der Waals surface area contributed by atoms with E-state index in [0.29, 0.717) is 0 Å². The van der Waals surface area contributed by atoms with Crippen molar-refractivity contribution in [3.8, 4) is 0 Å². The monoisotopic (exact) mass is 245 g/mol. The molecule has 1 N–H and O–H groups in total. The zero-order valence-electron chi connectivity index (χ0n) is 9.43. The molecular weight excluding hydrogens is 228 g/mol. The van der Waals surface area contributed by atoms with Gasteiger partial charge in [0.2, 0.25) is 0 Å². The van der Waals surface area contributed by atoms with Gasteiger partial charge in [0, 0.05) is 12.1 Å². The zero-order valence-corrected chi connectivity index (χ0v) is 10.2. The summed E-state index contributed by atoms with van der Waals surface area (Å²) in [6.07, 6.45) is 1.02. The lowest BCUT2D eigenvalue weighted by atomic mass is 10.2. The molecule has 90 valence electrons. The molecule has 0 saturated carbocycles. The molecule has 0 unspecified atom stereocenters. The maximum atomic E-state index is 13.2. The molecule has 0 bridgehead atoms. The lowest BCUT2D eigenvalue weighted by molar-refractivity contribution is 0.535. The Hall–Kier alpha value is -0.610. The Morgan fingerprint density at radius 2 is 1.94 bits per heavy atom. The first-order chi connectivity index (χ1) is 7.75. The van der Waals surface area contributed by atoms with Gasteiger partial charge in [0.05, 0.1) is 0 Å². The first kappa shape index (κ1) is 13.5. The molecule has 0 fully saturated rings. The van der Waals surface area contributed by atoms with E-state index in [2.05, 4.69) is 12.2 Å². The van der Waals surface area contributed by atoms with Crippen LogP contribution in [0.1, 0.15) is 18.9 Å². The van der Waals surface area contributed by atoms with Gasteiger partial charge in [0.15, 0.2) is 0 Å². The molecule has 1 nitrogen and oxygen atoms in total. The lowest BCUT2D eigenvalue weighted by Crippen LogP contribution is -2.17. The quantitative estimate of drug-likeness (QED) is 0.740. The van der Waals surface area contributed by atoms with Gasteiger partial charge in [0.1, 0.15) is 11.6 Å². The highest BCUT2D eigenvalue weighted by molar-refractivity contribution is 7.99. The second-order valence-corrected chi connectivity index (χ2v) is 4.82. The average molecular weight is 245 g/mol. The van der Waals surface area contributed by atoms with Crippen LogP contribution < -0.4 is 5.32 Å². The van der Waals surface area contributed by atoms with Crippen LogP contribution in [0.2, 0.25) is 0 Å². The maximum Gasteiger partial charge on any atom is 0.130 e. The minimum Gasteiger partial charge on any atom is -0.312 e. The Kier molecular flexibility index (Phi) is 6.42. The van der Waals surface area contributed by atoms with Gasteiger partial charge >= 0.3 is 0 Å². The summed E-state index contributed by atoms with van der Waals surface area (Å²) in [5, 5.41) is 3.05. The second-order valence-electron chi connectivity index (χ2n) is 3.43. The van der Waals surface area contributed by atoms with Gasteiger partial charge in [-0.1, -0.05) is 13.0 Å². The topological polar surface area (TPSA) is 12.0 Å². The summed E-state index contributed by atoms with van der Waals surface area (Å²) in [5.74, 6) is 1.25. The molecule has 0 aliphatic carbocycles. The molecule has 0 aromatic heterocycles. The van der Waals surface area contributed by atoms with Crippen molar-refractivity contribution in [2.24, 2.45) is 0 Å². The van der Waals surface area contributed by atoms with Crippen LogP contribution >= 0.6 is 11.8 Å². The van der Waals surface area contributed by atoms with Crippen molar-refractivity contribution in [2.75, 3.05) is 18.1 Å². The summed E-state index contributed by atoms with van der Waals surface area (Å²) in [6, 6.07) is 3.95. The number of hydrogen-bond donors (Lipinski definition) is 1. The Balaban J connectivity index is 2.26. The van der Waals surface area contributed by atoms with E-state index in [0.717, 1.165) is 24.5 Å². The number of hydrogen-bond acceptors (Lipinski definition) is 2. The first-order valence-corrected chi connectivity index (χ1v) is 6.62. The van der Waals surface area contributed by atoms with Crippen molar-refractivity contribution in [2.45, 2.75) is 19.9 Å². The molecule has 1 aromatic rings. The molecule has 0 atom stereocenters. The van der Waals surface area contributed by atoms with Crippen molar-refractivity contribution in [1.82, 2.24) is 5.32 Å². The largest absolute Gasteiger partial charge is 0.312 e. The number of benzene rings is 1. The molecule has 1 aromatic carbocycles. The number of thioether (sulfide) groups is 1. The molecule has 4 heteroatoms. The van der Waals surface area contributed by atoms with Crippen molar-refractivity contribution in [1.29, 1.82) is 0 Å². The van der Waals surface area contributed by atoms with E-state index >= 15 is 0 Å². The van der Waals surface area contributed by atoms with Crippen LogP contribution in [0.5, 0.6) is 0 Å². The molecule has 0 radical (unpaired) electrons. The summed E-state index contributed by atoms with van der Waals surface area (Å²) < 4.78 is 26.4. The third-order valence-electron chi connectivity index (χ3n) is 2.21. The fraction of sp³-hybridized carbons (Fsp3) is 0.500. The van der Waals surface area contributed by atoms with Gasteiger partial charge in [-0.2, -0.15) is 11.8 Å². The van der Waals surface area contributed by atoms with Crippen LogP contribution in [0.3, 0.4) is 0 Å². The van der Waals surface area contributed by atoms with E-state index in [1.54, 1.807) is 0 Å². The minimum atomic E-state index is -0.476. The highest BCUT2D eigenvalue weighted by atomic mass is 32.2. The summed E-state index contributed by atoms with van der Waals surface area (Å²) in [4.78, 5) is 0. The molecule has 0 saturated heterocycles. The van der Waals surface area contributed by atoms with Gasteiger partial charge in [-0.3, -0.25) is 0 Å². The van der Waals surface area contributed by atoms with E-state index in [-0.39, 0.29) is 12.1 Å². The predicted octanol–water partition coefficient (Wildman–Crippen LogP) is 3.20. The fourth-order valence-corrected chi connectivity index (χ4v) is 2.00. The molecule has 0 aliphatic heterocycles. The highest BCUT2D eigenvalue weighted by Crippen LogP contribution is 2.11. The molecule has 16 heavy (non-hydrogen) atoms. The van der Waals surface area contributed by atoms with Gasteiger partial charge in [-0.25, -0.2) is 8.78 Å². The molecule has 1 rings (SSSR count). The normalized spacial score (nSPS) is 10.7. The molecule has 0 spiro atoms. The van der Waals surface area contributed by atoms with Gasteiger partial charge in [0.25, 0.3) is 0 Å². The van der Waals surface area contributed by atoms with Crippen molar-refractivity contribution in [3.05, 3.63) is 35.4 Å². The summed E-state index contributed by atoms with van der Waals surface area (Å²) in [5.41, 5.74) is 0.130. The number of rotatable bonds is 7. The standard InChI is InChI=1S/C12H17F2NS/c1-2-16-8-4-7-15-9-10-11(13)5-3-6-12(10)14/h3,5-6,15H,2,4,7-9H2,1H3. The summed E-state index contributed by atoms with van der Waals surface area (Å²) >= 11 is 1.87. The van der Waals surface area contributed by atoms with E-state index in [9.17, 15) is 8.78 Å². The van der Waals surface area contributed by atoms with Gasteiger partial charge in [-0.15, -0.1) is 0 Å². The smallest absolute Gasteiger partial charge is 0.130 e. The fourth-order valence-electron chi connectivity index (χ4n) is 1.36. The molecule has 0 heterocycles. The maximum absolute atomic E-state index is 13.2. The van der Waals surface area contributed by atoms with Crippen LogP contribution in [-0.4, -0.2) is 18.1 Å². The minimum absolute atomic E-state index is 0.130. The van der Waals surface area contributed by atoms with E-state index < -0.39 is 11.6 Å². The summed E-state index contributed by atoms with van der Waals surface area (Å²) in [7, 11) is 0. The lowest BCUT2D eigenvalue weighted by Gasteiger charge is -2.06. The van der Waals surface area contributed by atoms with Crippen molar-refractivity contribution in [3.63, 3.8) is 0 Å². The van der Waals surface area contributed by atoms with Crippen molar-refractivity contribution < 1.29 is 8.78 Å². The Labute approximate surface area is 99.6 Å². The van der Waals surface area contributed by atoms with Crippen LogP contribution in [0.15, 0.2) is 18.2 Å². The molecule has 0 amide bonds. The van der Waals surface area contributed by atoms with Crippen LogP contribution in [-0.2, 0) is 6.54 Å². The zero-order chi connectivity index (χ0) is 11.8. The van der Waals surface area contributed by atoms with E-state index in [4.69, 9.17) is 0 Å². The average Bonchev–Trinajstić information content (AvgIpc) is 2.26.